The summed E-state index contributed by atoms with van der Waals surface area (Å²) in [7, 11) is 0. The molecule has 6 nitrogen and oxygen atoms in total. The summed E-state index contributed by atoms with van der Waals surface area (Å²) >= 11 is 0. The van der Waals surface area contributed by atoms with E-state index in [1.165, 1.54) is 10.2 Å². The van der Waals surface area contributed by atoms with Crippen LogP contribution in [0.4, 0.5) is 0 Å². The number of aryl methyl sites for hydroxylation is 3. The van der Waals surface area contributed by atoms with Gasteiger partial charge in [0.05, 0.1) is 0 Å². The number of esters is 1. The Balaban J connectivity index is 1.88. The van der Waals surface area contributed by atoms with Crippen LogP contribution in [0.1, 0.15) is 54.4 Å². The second-order valence-corrected chi connectivity index (χ2v) is 8.49. The van der Waals surface area contributed by atoms with E-state index in [4.69, 9.17) is 4.74 Å². The Morgan fingerprint density at radius 1 is 1.07 bits per heavy atom. The molecule has 30 heavy (non-hydrogen) atoms. The van der Waals surface area contributed by atoms with Gasteiger partial charge in [0, 0.05) is 0 Å². The van der Waals surface area contributed by atoms with E-state index in [-0.39, 0.29) is 17.7 Å². The van der Waals surface area contributed by atoms with Crippen molar-refractivity contribution in [1.82, 2.24) is 20.2 Å². The molecule has 0 atom stereocenters. The van der Waals surface area contributed by atoms with E-state index in [1.807, 2.05) is 30.3 Å². The van der Waals surface area contributed by atoms with E-state index in [0.717, 1.165) is 22.3 Å². The summed E-state index contributed by atoms with van der Waals surface area (Å²) in [5, 5.41) is 11.5. The zero-order valence-corrected chi connectivity index (χ0v) is 18.4. The van der Waals surface area contributed by atoms with Gasteiger partial charge in [-0.25, -0.2) is 4.79 Å². The molecule has 0 amide bonds. The molecular formula is C24H28N4O2. The molecule has 0 aliphatic heterocycles. The highest BCUT2D eigenvalue weighted by molar-refractivity contribution is 6.15. The number of ether oxygens (including phenoxy) is 1. The van der Waals surface area contributed by atoms with Crippen LogP contribution in [0.5, 0.6) is 0 Å². The molecule has 0 unspecified atom stereocenters. The SMILES string of the molecule is Cc1cc(C(C)(C)C)cc(C)c1COC(=O)/C(=C/c1ccccc1)n1nnnc1C. The van der Waals surface area contributed by atoms with Crippen LogP contribution < -0.4 is 0 Å². The van der Waals surface area contributed by atoms with Crippen LogP contribution in [0.3, 0.4) is 0 Å². The summed E-state index contributed by atoms with van der Waals surface area (Å²) in [6, 6.07) is 13.9. The van der Waals surface area contributed by atoms with Gasteiger partial charge in [-0.05, 0) is 70.5 Å². The van der Waals surface area contributed by atoms with Gasteiger partial charge in [0.15, 0.2) is 11.5 Å². The standard InChI is InChI=1S/C24H28N4O2/c1-16-12-20(24(4,5)6)13-17(2)21(16)15-30-23(29)22(28-18(3)25-26-27-28)14-19-10-8-7-9-11-19/h7-14H,15H2,1-6H3/b22-14-. The third-order valence-corrected chi connectivity index (χ3v) is 5.08. The number of nitrogens with zero attached hydrogens (tertiary/aromatic N) is 4. The lowest BCUT2D eigenvalue weighted by Crippen LogP contribution is -2.16. The summed E-state index contributed by atoms with van der Waals surface area (Å²) in [5.74, 6) is 0.0315. The normalized spacial score (nSPS) is 12.1. The van der Waals surface area contributed by atoms with E-state index >= 15 is 0 Å². The lowest BCUT2D eigenvalue weighted by molar-refractivity contribution is -0.138. The van der Waals surface area contributed by atoms with E-state index in [0.29, 0.717) is 5.82 Å². The third kappa shape index (κ3) is 4.82. The Kier molecular flexibility index (Phi) is 6.15. The molecule has 0 saturated heterocycles. The number of hydrogen-bond donors (Lipinski definition) is 0. The van der Waals surface area contributed by atoms with Gasteiger partial charge < -0.3 is 4.74 Å². The highest BCUT2D eigenvalue weighted by Gasteiger charge is 2.20. The Bertz CT molecular complexity index is 1050. The van der Waals surface area contributed by atoms with Gasteiger partial charge >= 0.3 is 5.97 Å². The molecule has 156 valence electrons. The first kappa shape index (κ1) is 21.4. The first-order chi connectivity index (χ1) is 14.2. The van der Waals surface area contributed by atoms with Crippen molar-refractivity contribution in [3.63, 3.8) is 0 Å². The molecule has 3 rings (SSSR count). The Morgan fingerprint density at radius 2 is 1.70 bits per heavy atom. The monoisotopic (exact) mass is 404 g/mol. The van der Waals surface area contributed by atoms with Crippen LogP contribution >= 0.6 is 0 Å². The summed E-state index contributed by atoms with van der Waals surface area (Å²) in [4.78, 5) is 13.0. The number of carbonyl (C=O) groups is 1. The number of carbonyl (C=O) groups excluding carboxylic acids is 1. The minimum Gasteiger partial charge on any atom is -0.456 e. The predicted molar refractivity (Wildman–Crippen MR) is 118 cm³/mol. The first-order valence-electron chi connectivity index (χ1n) is 9.96. The van der Waals surface area contributed by atoms with Crippen molar-refractivity contribution < 1.29 is 9.53 Å². The minimum absolute atomic E-state index is 0.0634. The molecule has 0 aliphatic carbocycles. The van der Waals surface area contributed by atoms with Crippen molar-refractivity contribution in [1.29, 1.82) is 0 Å². The molecule has 3 aromatic rings. The molecule has 0 radical (unpaired) electrons. The summed E-state index contributed by atoms with van der Waals surface area (Å²) in [6.07, 6.45) is 1.73. The average Bonchev–Trinajstić information content (AvgIpc) is 3.11. The summed E-state index contributed by atoms with van der Waals surface area (Å²) in [5.41, 5.74) is 5.70. The molecule has 0 spiro atoms. The maximum atomic E-state index is 13.0. The second kappa shape index (κ2) is 8.61. The molecule has 1 aromatic heterocycles. The Labute approximate surface area is 177 Å². The van der Waals surface area contributed by atoms with Gasteiger partial charge in [-0.1, -0.05) is 63.2 Å². The highest BCUT2D eigenvalue weighted by atomic mass is 16.5. The topological polar surface area (TPSA) is 69.9 Å². The van der Waals surface area contributed by atoms with Gasteiger partial charge in [0.1, 0.15) is 6.61 Å². The number of tetrazole rings is 1. The van der Waals surface area contributed by atoms with Crippen molar-refractivity contribution in [2.24, 2.45) is 0 Å². The molecule has 0 saturated carbocycles. The molecule has 2 aromatic carbocycles. The maximum absolute atomic E-state index is 13.0. The number of hydrogen-bond acceptors (Lipinski definition) is 5. The third-order valence-electron chi connectivity index (χ3n) is 5.08. The van der Waals surface area contributed by atoms with E-state index < -0.39 is 5.97 Å². The average molecular weight is 405 g/mol. The fourth-order valence-corrected chi connectivity index (χ4v) is 3.23. The van der Waals surface area contributed by atoms with Gasteiger partial charge in [0.25, 0.3) is 0 Å². The van der Waals surface area contributed by atoms with E-state index in [2.05, 4.69) is 62.3 Å². The van der Waals surface area contributed by atoms with Gasteiger partial charge in [-0.2, -0.15) is 4.68 Å². The maximum Gasteiger partial charge on any atom is 0.357 e. The fraction of sp³-hybridized carbons (Fsp3) is 0.333. The van der Waals surface area contributed by atoms with E-state index in [1.54, 1.807) is 13.0 Å². The lowest BCUT2D eigenvalue weighted by Gasteiger charge is -2.22. The van der Waals surface area contributed by atoms with Gasteiger partial charge in [0.2, 0.25) is 0 Å². The number of benzene rings is 2. The predicted octanol–water partition coefficient (Wildman–Crippen LogP) is 4.64. The molecule has 0 fully saturated rings. The van der Waals surface area contributed by atoms with E-state index in [9.17, 15) is 4.79 Å². The molecule has 6 heteroatoms. The van der Waals surface area contributed by atoms with Crippen molar-refractivity contribution in [3.8, 4) is 0 Å². The largest absolute Gasteiger partial charge is 0.456 e. The van der Waals surface area contributed by atoms with Gasteiger partial charge in [-0.15, -0.1) is 5.10 Å². The van der Waals surface area contributed by atoms with Crippen molar-refractivity contribution in [3.05, 3.63) is 76.1 Å². The minimum atomic E-state index is -0.479. The molecule has 0 aliphatic rings. The molecule has 0 N–H and O–H groups in total. The quantitative estimate of drug-likeness (QED) is 0.458. The van der Waals surface area contributed by atoms with Crippen LogP contribution in [0.15, 0.2) is 42.5 Å². The molecule has 0 bridgehead atoms. The second-order valence-electron chi connectivity index (χ2n) is 8.49. The van der Waals surface area contributed by atoms with Gasteiger partial charge in [-0.3, -0.25) is 0 Å². The van der Waals surface area contributed by atoms with Crippen LogP contribution in [-0.4, -0.2) is 26.2 Å². The number of rotatable bonds is 5. The molecular weight excluding hydrogens is 376 g/mol. The number of aromatic nitrogens is 4. The Morgan fingerprint density at radius 3 is 2.23 bits per heavy atom. The Hall–Kier alpha value is -3.28. The van der Waals surface area contributed by atoms with Crippen LogP contribution in [0.25, 0.3) is 11.8 Å². The summed E-state index contributed by atoms with van der Waals surface area (Å²) in [6.45, 7) is 12.6. The van der Waals surface area contributed by atoms with Crippen molar-refractivity contribution in [2.45, 2.75) is 53.6 Å². The first-order valence-corrected chi connectivity index (χ1v) is 9.96. The zero-order valence-electron chi connectivity index (χ0n) is 18.4. The molecule has 1 heterocycles. The lowest BCUT2D eigenvalue weighted by atomic mass is 9.84. The summed E-state index contributed by atoms with van der Waals surface area (Å²) < 4.78 is 7.11. The smallest absolute Gasteiger partial charge is 0.357 e. The van der Waals surface area contributed by atoms with Crippen molar-refractivity contribution in [2.75, 3.05) is 0 Å². The van der Waals surface area contributed by atoms with Crippen LogP contribution in [-0.2, 0) is 21.6 Å². The fourth-order valence-electron chi connectivity index (χ4n) is 3.23. The highest BCUT2D eigenvalue weighted by Crippen LogP contribution is 2.27. The van der Waals surface area contributed by atoms with Crippen LogP contribution in [0.2, 0.25) is 0 Å². The van der Waals surface area contributed by atoms with Crippen LogP contribution in [0, 0.1) is 20.8 Å². The van der Waals surface area contributed by atoms with Crippen molar-refractivity contribution >= 4 is 17.7 Å². The zero-order chi connectivity index (χ0) is 21.9.